The van der Waals surface area contributed by atoms with Gasteiger partial charge in [0.1, 0.15) is 0 Å². The van der Waals surface area contributed by atoms with Gasteiger partial charge in [0.05, 0.1) is 0 Å². The van der Waals surface area contributed by atoms with Gasteiger partial charge in [0.15, 0.2) is 0 Å². The quantitative estimate of drug-likeness (QED) is 0.827. The van der Waals surface area contributed by atoms with Crippen molar-refractivity contribution in [2.45, 2.75) is 45.1 Å². The standard InChI is InChI=1S/C15H22ClN/c1-3-15(10-4-5-11-15)14(17-2)12-6-8-13(16)9-7-12/h6-9,14,17H,3-5,10-11H2,1-2H3. The second-order valence-corrected chi connectivity index (χ2v) is 5.63. The molecular weight excluding hydrogens is 230 g/mol. The van der Waals surface area contributed by atoms with E-state index < -0.39 is 0 Å². The minimum atomic E-state index is 0.447. The molecule has 0 radical (unpaired) electrons. The van der Waals surface area contributed by atoms with Gasteiger partial charge in [-0.25, -0.2) is 0 Å². The summed E-state index contributed by atoms with van der Waals surface area (Å²) >= 11 is 5.97. The van der Waals surface area contributed by atoms with Crippen LogP contribution in [0, 0.1) is 5.41 Å². The molecule has 2 heteroatoms. The van der Waals surface area contributed by atoms with E-state index in [1.54, 1.807) is 0 Å². The van der Waals surface area contributed by atoms with Crippen molar-refractivity contribution in [3.63, 3.8) is 0 Å². The highest BCUT2D eigenvalue weighted by Gasteiger charge is 2.39. The van der Waals surface area contributed by atoms with E-state index in [1.807, 2.05) is 12.1 Å². The Labute approximate surface area is 110 Å². The van der Waals surface area contributed by atoms with Gasteiger partial charge in [-0.3, -0.25) is 0 Å². The molecule has 0 aliphatic heterocycles. The largest absolute Gasteiger partial charge is 0.313 e. The Morgan fingerprint density at radius 2 is 1.82 bits per heavy atom. The summed E-state index contributed by atoms with van der Waals surface area (Å²) in [7, 11) is 2.08. The van der Waals surface area contributed by atoms with Crippen LogP contribution in [0.3, 0.4) is 0 Å². The van der Waals surface area contributed by atoms with E-state index >= 15 is 0 Å². The van der Waals surface area contributed by atoms with Crippen molar-refractivity contribution in [3.05, 3.63) is 34.9 Å². The lowest BCUT2D eigenvalue weighted by atomic mass is 9.73. The molecule has 1 atom stereocenters. The number of hydrogen-bond donors (Lipinski definition) is 1. The number of benzene rings is 1. The van der Waals surface area contributed by atoms with Gasteiger partial charge in [-0.1, -0.05) is 43.5 Å². The van der Waals surface area contributed by atoms with Gasteiger partial charge < -0.3 is 5.32 Å². The minimum Gasteiger partial charge on any atom is -0.313 e. The zero-order chi connectivity index (χ0) is 12.3. The summed E-state index contributed by atoms with van der Waals surface area (Å²) in [6.45, 7) is 2.32. The lowest BCUT2D eigenvalue weighted by Crippen LogP contribution is -2.34. The van der Waals surface area contributed by atoms with E-state index in [4.69, 9.17) is 11.6 Å². The van der Waals surface area contributed by atoms with Crippen LogP contribution in [0.15, 0.2) is 24.3 Å². The van der Waals surface area contributed by atoms with Gasteiger partial charge in [-0.05, 0) is 49.4 Å². The minimum absolute atomic E-state index is 0.447. The third kappa shape index (κ3) is 2.51. The van der Waals surface area contributed by atoms with Crippen LogP contribution in [-0.4, -0.2) is 7.05 Å². The molecule has 2 rings (SSSR count). The number of nitrogens with one attached hydrogen (secondary N) is 1. The van der Waals surface area contributed by atoms with Gasteiger partial charge in [-0.15, -0.1) is 0 Å². The van der Waals surface area contributed by atoms with E-state index in [-0.39, 0.29) is 0 Å². The van der Waals surface area contributed by atoms with Crippen LogP contribution >= 0.6 is 11.6 Å². The summed E-state index contributed by atoms with van der Waals surface area (Å²) in [5, 5.41) is 4.35. The molecule has 17 heavy (non-hydrogen) atoms. The van der Waals surface area contributed by atoms with Crippen LogP contribution in [0.2, 0.25) is 5.02 Å². The number of halogens is 1. The molecule has 0 spiro atoms. The van der Waals surface area contributed by atoms with E-state index in [0.717, 1.165) is 5.02 Å². The Hall–Kier alpha value is -0.530. The van der Waals surface area contributed by atoms with Crippen LogP contribution in [0.1, 0.15) is 50.6 Å². The highest BCUT2D eigenvalue weighted by molar-refractivity contribution is 6.30. The van der Waals surface area contributed by atoms with Gasteiger partial charge >= 0.3 is 0 Å². The van der Waals surface area contributed by atoms with Crippen LogP contribution in [0.25, 0.3) is 0 Å². The maximum atomic E-state index is 5.97. The summed E-state index contributed by atoms with van der Waals surface area (Å²) in [4.78, 5) is 0. The average molecular weight is 252 g/mol. The molecule has 1 saturated carbocycles. The Bertz CT molecular complexity index is 352. The summed E-state index contributed by atoms with van der Waals surface area (Å²) < 4.78 is 0. The van der Waals surface area contributed by atoms with Crippen LogP contribution < -0.4 is 5.32 Å². The van der Waals surface area contributed by atoms with Crippen molar-refractivity contribution in [2.24, 2.45) is 5.41 Å². The topological polar surface area (TPSA) is 12.0 Å². The third-order valence-corrected chi connectivity index (χ3v) is 4.66. The Balaban J connectivity index is 2.28. The molecule has 1 N–H and O–H groups in total. The molecule has 1 unspecified atom stereocenters. The van der Waals surface area contributed by atoms with E-state index in [0.29, 0.717) is 11.5 Å². The highest BCUT2D eigenvalue weighted by Crippen LogP contribution is 2.49. The van der Waals surface area contributed by atoms with Crippen molar-refractivity contribution in [1.29, 1.82) is 0 Å². The second-order valence-electron chi connectivity index (χ2n) is 5.20. The molecule has 0 saturated heterocycles. The zero-order valence-electron chi connectivity index (χ0n) is 10.8. The maximum absolute atomic E-state index is 5.97. The van der Waals surface area contributed by atoms with Crippen molar-refractivity contribution in [3.8, 4) is 0 Å². The van der Waals surface area contributed by atoms with E-state index in [9.17, 15) is 0 Å². The monoisotopic (exact) mass is 251 g/mol. The summed E-state index contributed by atoms with van der Waals surface area (Å²) in [5.41, 5.74) is 1.82. The van der Waals surface area contributed by atoms with Crippen molar-refractivity contribution in [1.82, 2.24) is 5.32 Å². The fourth-order valence-electron chi connectivity index (χ4n) is 3.41. The Kier molecular flexibility index (Phi) is 4.11. The Morgan fingerprint density at radius 1 is 1.24 bits per heavy atom. The van der Waals surface area contributed by atoms with Crippen molar-refractivity contribution >= 4 is 11.6 Å². The molecule has 1 nitrogen and oxygen atoms in total. The zero-order valence-corrected chi connectivity index (χ0v) is 11.6. The Morgan fingerprint density at radius 3 is 2.29 bits per heavy atom. The first-order chi connectivity index (χ1) is 8.22. The molecule has 1 fully saturated rings. The lowest BCUT2D eigenvalue weighted by Gasteiger charge is -2.37. The molecule has 1 aromatic carbocycles. The van der Waals surface area contributed by atoms with Gasteiger partial charge in [0, 0.05) is 11.1 Å². The first-order valence-electron chi connectivity index (χ1n) is 6.64. The predicted octanol–water partition coefficient (Wildman–Crippen LogP) is 4.57. The summed E-state index contributed by atoms with van der Waals surface area (Å²) in [5.74, 6) is 0. The van der Waals surface area contributed by atoms with Crippen molar-refractivity contribution in [2.75, 3.05) is 7.05 Å². The normalized spacial score (nSPS) is 20.4. The molecule has 0 heterocycles. The molecule has 1 aliphatic carbocycles. The molecule has 1 aliphatic rings. The average Bonchev–Trinajstić information content (AvgIpc) is 2.82. The van der Waals surface area contributed by atoms with Gasteiger partial charge in [-0.2, -0.15) is 0 Å². The fraction of sp³-hybridized carbons (Fsp3) is 0.600. The smallest absolute Gasteiger partial charge is 0.0406 e. The number of hydrogen-bond acceptors (Lipinski definition) is 1. The molecule has 0 aromatic heterocycles. The lowest BCUT2D eigenvalue weighted by molar-refractivity contribution is 0.195. The molecule has 0 bridgehead atoms. The van der Waals surface area contributed by atoms with Crippen LogP contribution in [-0.2, 0) is 0 Å². The first-order valence-corrected chi connectivity index (χ1v) is 7.02. The number of rotatable bonds is 4. The van der Waals surface area contributed by atoms with E-state index in [2.05, 4.69) is 31.4 Å². The van der Waals surface area contributed by atoms with E-state index in [1.165, 1.54) is 37.7 Å². The van der Waals surface area contributed by atoms with Gasteiger partial charge in [0.25, 0.3) is 0 Å². The van der Waals surface area contributed by atoms with Crippen molar-refractivity contribution < 1.29 is 0 Å². The summed E-state index contributed by atoms with van der Waals surface area (Å²) in [6.07, 6.45) is 6.69. The molecule has 94 valence electrons. The molecular formula is C15H22ClN. The van der Waals surface area contributed by atoms with Crippen LogP contribution in [0.4, 0.5) is 0 Å². The van der Waals surface area contributed by atoms with Gasteiger partial charge in [0.2, 0.25) is 0 Å². The highest BCUT2D eigenvalue weighted by atomic mass is 35.5. The maximum Gasteiger partial charge on any atom is 0.0406 e. The predicted molar refractivity (Wildman–Crippen MR) is 74.4 cm³/mol. The molecule has 0 amide bonds. The third-order valence-electron chi connectivity index (χ3n) is 4.41. The summed E-state index contributed by atoms with van der Waals surface area (Å²) in [6, 6.07) is 8.80. The second kappa shape index (κ2) is 5.41. The fourth-order valence-corrected chi connectivity index (χ4v) is 3.53. The molecule has 1 aromatic rings. The SMILES string of the molecule is CCC1(C(NC)c2ccc(Cl)cc2)CCCC1. The van der Waals surface area contributed by atoms with Crippen LogP contribution in [0.5, 0.6) is 0 Å². The first kappa shape index (κ1) is 12.9.